The molecule has 0 N–H and O–H groups in total. The number of carbonyl (C=O) groups is 1. The second-order valence-corrected chi connectivity index (χ2v) is 5.68. The van der Waals surface area contributed by atoms with Crippen molar-refractivity contribution in [1.29, 1.82) is 0 Å². The van der Waals surface area contributed by atoms with Crippen molar-refractivity contribution < 1.29 is 13.6 Å². The Balaban J connectivity index is 2.13. The van der Waals surface area contributed by atoms with Crippen molar-refractivity contribution in [3.05, 3.63) is 29.6 Å². The van der Waals surface area contributed by atoms with Gasteiger partial charge >= 0.3 is 0 Å². The Kier molecular flexibility index (Phi) is 4.74. The summed E-state index contributed by atoms with van der Waals surface area (Å²) in [5, 5.41) is 0.539. The topological polar surface area (TPSA) is 33.2 Å². The van der Waals surface area contributed by atoms with E-state index in [-0.39, 0.29) is 5.56 Å². The molecular weight excluding hydrogens is 270 g/mol. The Hall–Kier alpha value is -1.17. The highest BCUT2D eigenvalue weighted by molar-refractivity contribution is 7.99. The van der Waals surface area contributed by atoms with Gasteiger partial charge in [0.2, 0.25) is 5.95 Å². The first-order valence-electron chi connectivity index (χ1n) is 6.25. The highest BCUT2D eigenvalue weighted by Gasteiger charge is 2.24. The van der Waals surface area contributed by atoms with Gasteiger partial charge < -0.3 is 4.90 Å². The highest BCUT2D eigenvalue weighted by Crippen LogP contribution is 2.22. The van der Waals surface area contributed by atoms with Crippen LogP contribution in [-0.2, 0) is 0 Å². The molecule has 104 valence electrons. The van der Waals surface area contributed by atoms with Gasteiger partial charge in [0.15, 0.2) is 5.82 Å². The van der Waals surface area contributed by atoms with E-state index in [1.54, 1.807) is 16.7 Å². The number of hydrogen-bond acceptors (Lipinski definition) is 3. The number of carbonyl (C=O) groups excluding carboxylic acids is 1. The Labute approximate surface area is 115 Å². The highest BCUT2D eigenvalue weighted by atomic mass is 32.2. The number of rotatable bonds is 2. The van der Waals surface area contributed by atoms with Crippen molar-refractivity contribution in [3.63, 3.8) is 0 Å². The molecule has 0 saturated carbocycles. The SMILES string of the molecule is CSC1CCCN(C(=O)c2ccnc(F)c2F)CC1. The summed E-state index contributed by atoms with van der Waals surface area (Å²) in [5.41, 5.74) is -0.227. The van der Waals surface area contributed by atoms with Crippen LogP contribution in [0.4, 0.5) is 8.78 Å². The zero-order valence-corrected chi connectivity index (χ0v) is 11.6. The summed E-state index contributed by atoms with van der Waals surface area (Å²) in [4.78, 5) is 17.0. The van der Waals surface area contributed by atoms with E-state index in [1.807, 2.05) is 0 Å². The average Bonchev–Trinajstić information content (AvgIpc) is 2.66. The molecule has 1 aromatic rings. The molecule has 1 aliphatic heterocycles. The summed E-state index contributed by atoms with van der Waals surface area (Å²) in [6.45, 7) is 1.19. The van der Waals surface area contributed by atoms with Crippen molar-refractivity contribution in [3.8, 4) is 0 Å². The number of aromatic nitrogens is 1. The number of nitrogens with zero attached hydrogens (tertiary/aromatic N) is 2. The molecule has 0 radical (unpaired) electrons. The van der Waals surface area contributed by atoms with Crippen LogP contribution in [0.2, 0.25) is 0 Å². The van der Waals surface area contributed by atoms with Gasteiger partial charge in [0, 0.05) is 24.5 Å². The van der Waals surface area contributed by atoms with Crippen molar-refractivity contribution in [1.82, 2.24) is 9.88 Å². The van der Waals surface area contributed by atoms with Crippen molar-refractivity contribution >= 4 is 17.7 Å². The van der Waals surface area contributed by atoms with Gasteiger partial charge in [-0.2, -0.15) is 16.2 Å². The van der Waals surface area contributed by atoms with E-state index in [1.165, 1.54) is 6.07 Å². The standard InChI is InChI=1S/C13H16F2N2OS/c1-19-9-3-2-7-17(8-5-9)13(18)10-4-6-16-12(15)11(10)14/h4,6,9H,2-3,5,7-8H2,1H3. The lowest BCUT2D eigenvalue weighted by atomic mass is 10.2. The maximum atomic E-state index is 13.6. The monoisotopic (exact) mass is 286 g/mol. The van der Waals surface area contributed by atoms with E-state index in [4.69, 9.17) is 0 Å². The van der Waals surface area contributed by atoms with Crippen LogP contribution in [0.5, 0.6) is 0 Å². The molecule has 0 spiro atoms. The second kappa shape index (κ2) is 6.32. The fourth-order valence-electron chi connectivity index (χ4n) is 2.26. The Morgan fingerprint density at radius 3 is 2.95 bits per heavy atom. The molecule has 1 saturated heterocycles. The largest absolute Gasteiger partial charge is 0.339 e. The van der Waals surface area contributed by atoms with Gasteiger partial charge in [-0.3, -0.25) is 4.79 Å². The van der Waals surface area contributed by atoms with Crippen LogP contribution < -0.4 is 0 Å². The Bertz CT molecular complexity index is 470. The van der Waals surface area contributed by atoms with E-state index in [0.29, 0.717) is 18.3 Å². The molecule has 1 unspecified atom stereocenters. The molecule has 0 aliphatic carbocycles. The molecule has 19 heavy (non-hydrogen) atoms. The summed E-state index contributed by atoms with van der Waals surface area (Å²) in [7, 11) is 0. The lowest BCUT2D eigenvalue weighted by molar-refractivity contribution is 0.0755. The molecule has 6 heteroatoms. The van der Waals surface area contributed by atoms with Gasteiger partial charge in [0.25, 0.3) is 5.91 Å². The quantitative estimate of drug-likeness (QED) is 0.784. The van der Waals surface area contributed by atoms with Crippen LogP contribution in [0.1, 0.15) is 29.6 Å². The zero-order valence-electron chi connectivity index (χ0n) is 10.7. The third-order valence-corrected chi connectivity index (χ3v) is 4.51. The summed E-state index contributed by atoms with van der Waals surface area (Å²) in [5.74, 6) is -2.82. The van der Waals surface area contributed by atoms with Crippen molar-refractivity contribution in [2.45, 2.75) is 24.5 Å². The first-order chi connectivity index (χ1) is 9.13. The van der Waals surface area contributed by atoms with Gasteiger partial charge in [0.1, 0.15) is 0 Å². The fourth-order valence-corrected chi connectivity index (χ4v) is 3.00. The first-order valence-corrected chi connectivity index (χ1v) is 7.54. The summed E-state index contributed by atoms with van der Waals surface area (Å²) < 4.78 is 26.6. The minimum absolute atomic E-state index is 0.227. The van der Waals surface area contributed by atoms with Crippen LogP contribution in [-0.4, -0.2) is 40.4 Å². The molecule has 1 aromatic heterocycles. The minimum Gasteiger partial charge on any atom is -0.339 e. The normalized spacial score (nSPS) is 20.2. The van der Waals surface area contributed by atoms with Crippen LogP contribution in [0.15, 0.2) is 12.3 Å². The molecule has 1 fully saturated rings. The number of pyridine rings is 1. The molecule has 0 aromatic carbocycles. The number of amides is 1. The third-order valence-electron chi connectivity index (χ3n) is 3.37. The average molecular weight is 286 g/mol. The van der Waals surface area contributed by atoms with E-state index >= 15 is 0 Å². The van der Waals surface area contributed by atoms with Gasteiger partial charge in [-0.1, -0.05) is 0 Å². The van der Waals surface area contributed by atoms with Gasteiger partial charge in [-0.15, -0.1) is 0 Å². The first kappa shape index (κ1) is 14.2. The van der Waals surface area contributed by atoms with Crippen molar-refractivity contribution in [2.75, 3.05) is 19.3 Å². The lowest BCUT2D eigenvalue weighted by Gasteiger charge is -2.20. The summed E-state index contributed by atoms with van der Waals surface area (Å²) >= 11 is 1.79. The van der Waals surface area contributed by atoms with Crippen LogP contribution in [0.3, 0.4) is 0 Å². The smallest absolute Gasteiger partial charge is 0.257 e. The maximum absolute atomic E-state index is 13.6. The molecular formula is C13H16F2N2OS. The van der Waals surface area contributed by atoms with E-state index < -0.39 is 17.7 Å². The third kappa shape index (κ3) is 3.23. The molecule has 1 amide bonds. The minimum atomic E-state index is -1.22. The van der Waals surface area contributed by atoms with E-state index in [9.17, 15) is 13.6 Å². The van der Waals surface area contributed by atoms with E-state index in [2.05, 4.69) is 11.2 Å². The van der Waals surface area contributed by atoms with Crippen LogP contribution in [0, 0.1) is 11.8 Å². The lowest BCUT2D eigenvalue weighted by Crippen LogP contribution is -2.33. The number of hydrogen-bond donors (Lipinski definition) is 0. The predicted molar refractivity (Wildman–Crippen MR) is 71.2 cm³/mol. The number of thioether (sulfide) groups is 1. The van der Waals surface area contributed by atoms with Crippen molar-refractivity contribution in [2.24, 2.45) is 0 Å². The Morgan fingerprint density at radius 2 is 2.21 bits per heavy atom. The predicted octanol–water partition coefficient (Wildman–Crippen LogP) is 2.72. The molecule has 1 atom stereocenters. The molecule has 1 aliphatic rings. The van der Waals surface area contributed by atoms with E-state index in [0.717, 1.165) is 25.5 Å². The fraction of sp³-hybridized carbons (Fsp3) is 0.538. The second-order valence-electron chi connectivity index (χ2n) is 4.54. The number of likely N-dealkylation sites (tertiary alicyclic amines) is 1. The van der Waals surface area contributed by atoms with Gasteiger partial charge in [-0.05, 0) is 31.6 Å². The molecule has 3 nitrogen and oxygen atoms in total. The molecule has 2 rings (SSSR count). The maximum Gasteiger partial charge on any atom is 0.257 e. The van der Waals surface area contributed by atoms with Gasteiger partial charge in [-0.25, -0.2) is 9.37 Å². The molecule has 2 heterocycles. The zero-order chi connectivity index (χ0) is 13.8. The number of halogens is 2. The summed E-state index contributed by atoms with van der Waals surface area (Å²) in [6, 6.07) is 1.23. The van der Waals surface area contributed by atoms with Gasteiger partial charge in [0.05, 0.1) is 5.56 Å². The summed E-state index contributed by atoms with van der Waals surface area (Å²) in [6.07, 6.45) is 6.01. The Morgan fingerprint density at radius 1 is 1.42 bits per heavy atom. The van der Waals surface area contributed by atoms with Crippen LogP contribution in [0.25, 0.3) is 0 Å². The molecule has 0 bridgehead atoms. The van der Waals surface area contributed by atoms with Crippen LogP contribution >= 0.6 is 11.8 Å².